The van der Waals surface area contributed by atoms with Crippen LogP contribution in [0.3, 0.4) is 0 Å². The maximum absolute atomic E-state index is 5.46. The van der Waals surface area contributed by atoms with Crippen LogP contribution in [0.2, 0.25) is 0 Å². The van der Waals surface area contributed by atoms with E-state index in [1.165, 1.54) is 11.9 Å². The minimum Gasteiger partial charge on any atom is -0.466 e. The molecule has 0 radical (unpaired) electrons. The summed E-state index contributed by atoms with van der Waals surface area (Å²) in [5.74, 6) is 2.10. The van der Waals surface area contributed by atoms with Gasteiger partial charge in [0, 0.05) is 11.2 Å². The van der Waals surface area contributed by atoms with Gasteiger partial charge in [0.15, 0.2) is 0 Å². The molecule has 17 heavy (non-hydrogen) atoms. The van der Waals surface area contributed by atoms with Crippen LogP contribution in [0.4, 0.5) is 0 Å². The molecule has 2 nitrogen and oxygen atoms in total. The Morgan fingerprint density at radius 3 is 1.82 bits per heavy atom. The average molecular weight is 257 g/mol. The molecule has 100 valence electrons. The van der Waals surface area contributed by atoms with Crippen LogP contribution in [-0.2, 0) is 6.42 Å². The highest BCUT2D eigenvalue weighted by Gasteiger charge is 2.13. The summed E-state index contributed by atoms with van der Waals surface area (Å²) in [7, 11) is 0. The molecule has 0 aliphatic carbocycles. The molecule has 1 aromatic rings. The van der Waals surface area contributed by atoms with Gasteiger partial charge in [0.05, 0.1) is 0 Å². The van der Waals surface area contributed by atoms with Crippen LogP contribution in [0.25, 0.3) is 0 Å². The highest BCUT2D eigenvalue weighted by atomic mass is 32.2. The Morgan fingerprint density at radius 2 is 1.59 bits per heavy atom. The van der Waals surface area contributed by atoms with Crippen LogP contribution in [0.5, 0.6) is 0 Å². The molecule has 3 heteroatoms. The van der Waals surface area contributed by atoms with Crippen molar-refractivity contribution in [3.05, 3.63) is 23.7 Å². The zero-order chi connectivity index (χ0) is 13.7. The quantitative estimate of drug-likeness (QED) is 0.749. The molecule has 2 N–H and O–H groups in total. The van der Waals surface area contributed by atoms with Gasteiger partial charge in [-0.1, -0.05) is 32.7 Å². The molecular formula is C14H27NOS. The highest BCUT2D eigenvalue weighted by Crippen LogP contribution is 2.21. The van der Waals surface area contributed by atoms with Gasteiger partial charge in [-0.15, -0.1) is 0 Å². The Labute approximate surface area is 110 Å². The topological polar surface area (TPSA) is 39.2 Å². The molecule has 0 bridgehead atoms. The second-order valence-electron chi connectivity index (χ2n) is 6.48. The van der Waals surface area contributed by atoms with E-state index in [9.17, 15) is 0 Å². The summed E-state index contributed by atoms with van der Waals surface area (Å²) in [6.45, 7) is 14.9. The lowest BCUT2D eigenvalue weighted by atomic mass is 9.91. The first kappa shape index (κ1) is 16.6. The molecule has 0 atom stereocenters. The van der Waals surface area contributed by atoms with Crippen molar-refractivity contribution in [1.29, 1.82) is 0 Å². The van der Waals surface area contributed by atoms with Crippen LogP contribution < -0.4 is 5.14 Å². The van der Waals surface area contributed by atoms with E-state index < -0.39 is 0 Å². The molecule has 0 unspecified atom stereocenters. The minimum atomic E-state index is 0.236. The lowest BCUT2D eigenvalue weighted by molar-refractivity contribution is 0.357. The van der Waals surface area contributed by atoms with Gasteiger partial charge >= 0.3 is 0 Å². The van der Waals surface area contributed by atoms with E-state index in [0.29, 0.717) is 5.41 Å². The molecule has 0 saturated carbocycles. The van der Waals surface area contributed by atoms with E-state index in [1.807, 2.05) is 13.0 Å². The van der Waals surface area contributed by atoms with Crippen molar-refractivity contribution in [1.82, 2.24) is 0 Å². The average Bonchev–Trinajstić information content (AvgIpc) is 2.48. The monoisotopic (exact) mass is 257 g/mol. The standard InChI is InChI=1S/C10H16O.C4H11NS/c1-8-5-6-9(11-8)7-10(2,3)4;1-4(2,3)6-5/h5-6H,7H2,1-4H3;5H2,1-3H3. The summed E-state index contributed by atoms with van der Waals surface area (Å²) in [6.07, 6.45) is 1.01. The molecule has 0 aliphatic rings. The predicted molar refractivity (Wildman–Crippen MR) is 78.1 cm³/mol. The molecule has 0 aliphatic heterocycles. The molecule has 0 fully saturated rings. The Balaban J connectivity index is 0.000000366. The van der Waals surface area contributed by atoms with Gasteiger partial charge in [-0.25, -0.2) is 0 Å². The first-order valence-electron chi connectivity index (χ1n) is 5.97. The third-order valence-electron chi connectivity index (χ3n) is 1.85. The Kier molecular flexibility index (Phi) is 6.35. The third-order valence-corrected chi connectivity index (χ3v) is 2.56. The van der Waals surface area contributed by atoms with Crippen molar-refractivity contribution in [3.63, 3.8) is 0 Å². The van der Waals surface area contributed by atoms with Gasteiger partial charge in [-0.3, -0.25) is 5.14 Å². The number of hydrogen-bond donors (Lipinski definition) is 1. The van der Waals surface area contributed by atoms with Crippen molar-refractivity contribution < 1.29 is 4.42 Å². The summed E-state index contributed by atoms with van der Waals surface area (Å²) >= 11 is 1.38. The van der Waals surface area contributed by atoms with Gasteiger partial charge in [0.2, 0.25) is 0 Å². The number of hydrogen-bond acceptors (Lipinski definition) is 3. The van der Waals surface area contributed by atoms with Gasteiger partial charge in [-0.2, -0.15) is 0 Å². The number of aryl methyl sites for hydroxylation is 1. The lowest BCUT2D eigenvalue weighted by Crippen LogP contribution is -2.09. The minimum absolute atomic E-state index is 0.236. The van der Waals surface area contributed by atoms with Gasteiger partial charge in [0.25, 0.3) is 0 Å². The summed E-state index contributed by atoms with van der Waals surface area (Å²) in [5, 5.41) is 5.22. The fourth-order valence-electron chi connectivity index (χ4n) is 1.10. The van der Waals surface area contributed by atoms with E-state index >= 15 is 0 Å². The Bertz CT molecular complexity index is 318. The summed E-state index contributed by atoms with van der Waals surface area (Å²) in [4.78, 5) is 0. The second-order valence-corrected chi connectivity index (χ2v) is 7.94. The van der Waals surface area contributed by atoms with Crippen LogP contribution in [0.1, 0.15) is 53.1 Å². The van der Waals surface area contributed by atoms with Crippen molar-refractivity contribution in [2.75, 3.05) is 0 Å². The Hall–Kier alpha value is -0.410. The van der Waals surface area contributed by atoms with Crippen molar-refractivity contribution in [3.8, 4) is 0 Å². The van der Waals surface area contributed by atoms with E-state index in [2.05, 4.69) is 47.6 Å². The van der Waals surface area contributed by atoms with Crippen LogP contribution >= 0.6 is 11.9 Å². The second kappa shape index (κ2) is 6.50. The number of rotatable bonds is 1. The number of nitrogens with two attached hydrogens (primary N) is 1. The molecule has 0 aromatic carbocycles. The molecular weight excluding hydrogens is 230 g/mol. The van der Waals surface area contributed by atoms with Crippen LogP contribution in [0, 0.1) is 12.3 Å². The van der Waals surface area contributed by atoms with E-state index in [1.54, 1.807) is 0 Å². The van der Waals surface area contributed by atoms with Gasteiger partial charge in [0.1, 0.15) is 11.5 Å². The molecule has 0 spiro atoms. The zero-order valence-corrected chi connectivity index (χ0v) is 13.1. The van der Waals surface area contributed by atoms with Gasteiger partial charge in [-0.05, 0) is 45.2 Å². The van der Waals surface area contributed by atoms with E-state index in [0.717, 1.165) is 17.9 Å². The summed E-state index contributed by atoms with van der Waals surface area (Å²) in [6, 6.07) is 4.07. The highest BCUT2D eigenvalue weighted by molar-refractivity contribution is 7.98. The maximum atomic E-state index is 5.46. The third kappa shape index (κ3) is 10.5. The van der Waals surface area contributed by atoms with E-state index in [-0.39, 0.29) is 4.75 Å². The van der Waals surface area contributed by atoms with Crippen LogP contribution in [0.15, 0.2) is 16.5 Å². The van der Waals surface area contributed by atoms with Crippen molar-refractivity contribution >= 4 is 11.9 Å². The lowest BCUT2D eigenvalue weighted by Gasteiger charge is -2.15. The molecule has 1 aromatic heterocycles. The fraction of sp³-hybridized carbons (Fsp3) is 0.714. The molecule has 0 saturated heterocycles. The maximum Gasteiger partial charge on any atom is 0.104 e. The predicted octanol–water partition coefficient (Wildman–Crippen LogP) is 4.57. The summed E-state index contributed by atoms with van der Waals surface area (Å²) < 4.78 is 5.70. The van der Waals surface area contributed by atoms with Crippen molar-refractivity contribution in [2.24, 2.45) is 10.6 Å². The smallest absolute Gasteiger partial charge is 0.104 e. The van der Waals surface area contributed by atoms with Gasteiger partial charge < -0.3 is 4.42 Å². The van der Waals surface area contributed by atoms with Crippen LogP contribution in [-0.4, -0.2) is 4.75 Å². The summed E-state index contributed by atoms with van der Waals surface area (Å²) in [5.41, 5.74) is 0.324. The molecule has 0 amide bonds. The molecule has 1 rings (SSSR count). The number of furan rings is 1. The fourth-order valence-corrected chi connectivity index (χ4v) is 1.10. The SMILES string of the molecule is CC(C)(C)SN.Cc1ccc(CC(C)(C)C)o1. The molecule has 1 heterocycles. The first-order chi connectivity index (χ1) is 7.53. The van der Waals surface area contributed by atoms with E-state index in [4.69, 9.17) is 9.56 Å². The first-order valence-corrected chi connectivity index (χ1v) is 6.85. The zero-order valence-electron chi connectivity index (χ0n) is 12.3. The Morgan fingerprint density at radius 1 is 1.12 bits per heavy atom. The largest absolute Gasteiger partial charge is 0.466 e. The van der Waals surface area contributed by atoms with Crippen molar-refractivity contribution in [2.45, 2.75) is 59.6 Å². The normalized spacial score (nSPS) is 12.0.